The van der Waals surface area contributed by atoms with E-state index < -0.39 is 36.1 Å². The molecule has 1 fully saturated rings. The molecule has 0 aromatic carbocycles. The van der Waals surface area contributed by atoms with E-state index in [1.165, 1.54) is 22.5 Å². The van der Waals surface area contributed by atoms with Crippen molar-refractivity contribution in [1.29, 1.82) is 0 Å². The molecule has 4 N–H and O–H groups in total. The molecule has 0 saturated carbocycles. The number of thioether (sulfide) groups is 1. The van der Waals surface area contributed by atoms with Crippen LogP contribution in [0.5, 0.6) is 0 Å². The van der Waals surface area contributed by atoms with Crippen molar-refractivity contribution in [2.45, 2.75) is 35.8 Å². The highest BCUT2D eigenvalue weighted by Crippen LogP contribution is 2.33. The lowest BCUT2D eigenvalue weighted by Gasteiger charge is -2.24. The molecular formula is C12H15N3O6S. The number of ether oxygens (including phenoxy) is 1. The SMILES string of the molecule is O=C(O)C1CSc2cn([C@H]3C[C@@H](O)[C@@H](CO)O3)c(=O)nc2N1. The van der Waals surface area contributed by atoms with Crippen molar-refractivity contribution in [2.24, 2.45) is 0 Å². The maximum Gasteiger partial charge on any atom is 0.351 e. The first kappa shape index (κ1) is 15.3. The molecule has 3 rings (SSSR count). The second-order valence-corrected chi connectivity index (χ2v) is 6.17. The van der Waals surface area contributed by atoms with Gasteiger partial charge in [0.15, 0.2) is 0 Å². The molecule has 4 atom stereocenters. The summed E-state index contributed by atoms with van der Waals surface area (Å²) in [6.07, 6.45) is -0.552. The van der Waals surface area contributed by atoms with Crippen LogP contribution >= 0.6 is 11.8 Å². The number of nitrogens with zero attached hydrogens (tertiary/aromatic N) is 2. The molecule has 3 heterocycles. The summed E-state index contributed by atoms with van der Waals surface area (Å²) in [5.74, 6) is -0.449. The van der Waals surface area contributed by atoms with Gasteiger partial charge in [-0.15, -0.1) is 11.8 Å². The fourth-order valence-electron chi connectivity index (χ4n) is 2.43. The van der Waals surface area contributed by atoms with Crippen LogP contribution in [0.15, 0.2) is 15.9 Å². The predicted octanol–water partition coefficient (Wildman–Crippen LogP) is -1.15. The Balaban J connectivity index is 1.87. The summed E-state index contributed by atoms with van der Waals surface area (Å²) in [7, 11) is 0. The zero-order valence-corrected chi connectivity index (χ0v) is 12.2. The van der Waals surface area contributed by atoms with Crippen LogP contribution in [0.4, 0.5) is 5.82 Å². The van der Waals surface area contributed by atoms with Gasteiger partial charge in [-0.3, -0.25) is 4.57 Å². The van der Waals surface area contributed by atoms with Gasteiger partial charge in [-0.25, -0.2) is 9.59 Å². The molecule has 1 saturated heterocycles. The molecule has 2 aliphatic heterocycles. The molecule has 1 unspecified atom stereocenters. The highest BCUT2D eigenvalue weighted by Gasteiger charge is 2.36. The van der Waals surface area contributed by atoms with E-state index in [1.807, 2.05) is 0 Å². The van der Waals surface area contributed by atoms with Gasteiger partial charge in [0.25, 0.3) is 0 Å². The average molecular weight is 329 g/mol. The van der Waals surface area contributed by atoms with Crippen molar-refractivity contribution in [1.82, 2.24) is 9.55 Å². The number of hydrogen-bond acceptors (Lipinski definition) is 8. The van der Waals surface area contributed by atoms with Crippen molar-refractivity contribution in [3.05, 3.63) is 16.7 Å². The van der Waals surface area contributed by atoms with Crippen molar-refractivity contribution in [3.8, 4) is 0 Å². The Labute approximate surface area is 128 Å². The third-order valence-electron chi connectivity index (χ3n) is 3.63. The molecule has 22 heavy (non-hydrogen) atoms. The van der Waals surface area contributed by atoms with Crippen LogP contribution in [0, 0.1) is 0 Å². The van der Waals surface area contributed by atoms with Gasteiger partial charge < -0.3 is 25.4 Å². The molecule has 0 spiro atoms. The Bertz CT molecular complexity index is 650. The fraction of sp³-hybridized carbons (Fsp3) is 0.583. The molecule has 1 aromatic heterocycles. The van der Waals surface area contributed by atoms with Crippen LogP contribution in [-0.2, 0) is 9.53 Å². The Kier molecular flexibility index (Phi) is 4.08. The van der Waals surface area contributed by atoms with Crippen LogP contribution in [0.25, 0.3) is 0 Å². The monoisotopic (exact) mass is 329 g/mol. The van der Waals surface area contributed by atoms with Crippen LogP contribution in [0.3, 0.4) is 0 Å². The number of aliphatic hydroxyl groups excluding tert-OH is 2. The highest BCUT2D eigenvalue weighted by atomic mass is 32.2. The predicted molar refractivity (Wildman–Crippen MR) is 75.9 cm³/mol. The number of hydrogen-bond donors (Lipinski definition) is 4. The number of nitrogens with one attached hydrogen (secondary N) is 1. The van der Waals surface area contributed by atoms with Gasteiger partial charge in [0.05, 0.1) is 17.6 Å². The normalized spacial score (nSPS) is 30.6. The number of rotatable bonds is 3. The molecular weight excluding hydrogens is 314 g/mol. The maximum atomic E-state index is 12.1. The van der Waals surface area contributed by atoms with E-state index in [1.54, 1.807) is 0 Å². The van der Waals surface area contributed by atoms with Gasteiger partial charge in [0, 0.05) is 18.4 Å². The minimum atomic E-state index is -1.00. The Morgan fingerprint density at radius 2 is 2.36 bits per heavy atom. The van der Waals surface area contributed by atoms with E-state index in [0.29, 0.717) is 10.6 Å². The van der Waals surface area contributed by atoms with Crippen LogP contribution in [0.2, 0.25) is 0 Å². The molecule has 2 aliphatic rings. The Morgan fingerprint density at radius 1 is 1.59 bits per heavy atom. The van der Waals surface area contributed by atoms with Gasteiger partial charge in [-0.1, -0.05) is 0 Å². The van der Waals surface area contributed by atoms with Gasteiger partial charge in [-0.05, 0) is 0 Å². The summed E-state index contributed by atoms with van der Waals surface area (Å²) in [5, 5.41) is 30.5. The van der Waals surface area contributed by atoms with Crippen molar-refractivity contribution >= 4 is 23.5 Å². The lowest BCUT2D eigenvalue weighted by molar-refractivity contribution is -0.137. The lowest BCUT2D eigenvalue weighted by Crippen LogP contribution is -2.37. The third kappa shape index (κ3) is 2.70. The molecule has 120 valence electrons. The zero-order valence-electron chi connectivity index (χ0n) is 11.4. The second kappa shape index (κ2) is 5.88. The fourth-order valence-corrected chi connectivity index (χ4v) is 3.43. The van der Waals surface area contributed by atoms with Gasteiger partial charge in [0.1, 0.15) is 24.2 Å². The van der Waals surface area contributed by atoms with Crippen molar-refractivity contribution < 1.29 is 24.9 Å². The topological polar surface area (TPSA) is 134 Å². The molecule has 1 aromatic rings. The van der Waals surface area contributed by atoms with Crippen LogP contribution < -0.4 is 11.0 Å². The summed E-state index contributed by atoms with van der Waals surface area (Å²) in [6.45, 7) is -0.332. The molecule has 10 heteroatoms. The minimum absolute atomic E-state index is 0.182. The summed E-state index contributed by atoms with van der Waals surface area (Å²) in [6, 6.07) is -0.788. The quantitative estimate of drug-likeness (QED) is 0.542. The average Bonchev–Trinajstić information content (AvgIpc) is 2.86. The smallest absolute Gasteiger partial charge is 0.351 e. The first-order valence-corrected chi connectivity index (χ1v) is 7.68. The summed E-state index contributed by atoms with van der Waals surface area (Å²) >= 11 is 1.28. The van der Waals surface area contributed by atoms with E-state index in [2.05, 4.69) is 10.3 Å². The summed E-state index contributed by atoms with van der Waals surface area (Å²) in [4.78, 5) is 27.6. The largest absolute Gasteiger partial charge is 0.480 e. The molecule has 0 amide bonds. The molecule has 9 nitrogen and oxygen atoms in total. The van der Waals surface area contributed by atoms with E-state index in [0.717, 1.165) is 0 Å². The Hall–Kier alpha value is -1.62. The summed E-state index contributed by atoms with van der Waals surface area (Å²) in [5.41, 5.74) is -0.603. The number of aromatic nitrogens is 2. The van der Waals surface area contributed by atoms with E-state index in [9.17, 15) is 14.7 Å². The summed E-state index contributed by atoms with van der Waals surface area (Å²) < 4.78 is 6.70. The Morgan fingerprint density at radius 3 is 3.00 bits per heavy atom. The number of fused-ring (bicyclic) bond motifs is 1. The van der Waals surface area contributed by atoms with Crippen molar-refractivity contribution in [2.75, 3.05) is 17.7 Å². The maximum absolute atomic E-state index is 12.1. The third-order valence-corrected chi connectivity index (χ3v) is 4.74. The van der Waals surface area contributed by atoms with Gasteiger partial charge in [-0.2, -0.15) is 4.98 Å². The number of carboxylic acids is 1. The number of aliphatic carboxylic acids is 1. The molecule has 0 radical (unpaired) electrons. The van der Waals surface area contributed by atoms with Gasteiger partial charge in [0.2, 0.25) is 0 Å². The number of carbonyl (C=O) groups is 1. The zero-order chi connectivity index (χ0) is 15.9. The van der Waals surface area contributed by atoms with E-state index in [4.69, 9.17) is 14.9 Å². The number of anilines is 1. The highest BCUT2D eigenvalue weighted by molar-refractivity contribution is 7.99. The molecule has 0 bridgehead atoms. The molecule has 0 aliphatic carbocycles. The number of aliphatic hydroxyl groups is 2. The second-order valence-electron chi connectivity index (χ2n) is 5.10. The van der Waals surface area contributed by atoms with Crippen LogP contribution in [-0.4, -0.2) is 61.4 Å². The van der Waals surface area contributed by atoms with E-state index in [-0.39, 0.29) is 18.8 Å². The van der Waals surface area contributed by atoms with Gasteiger partial charge >= 0.3 is 11.7 Å². The lowest BCUT2D eigenvalue weighted by atomic mass is 10.2. The first-order chi connectivity index (χ1) is 10.5. The van der Waals surface area contributed by atoms with E-state index >= 15 is 0 Å². The first-order valence-electron chi connectivity index (χ1n) is 6.69. The van der Waals surface area contributed by atoms with Crippen LogP contribution in [0.1, 0.15) is 12.6 Å². The standard InChI is InChI=1S/C12H15N3O6S/c16-3-7-6(17)1-9(21-7)15-2-8-10(14-12(15)20)13-5(4-22-8)11(18)19/h2,5-7,9,16-17H,1,3-4H2,(H,18,19)(H,13,14,20)/t5?,6-,7-,9-/m1/s1. The minimum Gasteiger partial charge on any atom is -0.480 e. The number of carboxylic acid groups (broad SMARTS) is 1. The van der Waals surface area contributed by atoms with Crippen molar-refractivity contribution in [3.63, 3.8) is 0 Å².